The first-order chi connectivity index (χ1) is 13.0. The summed E-state index contributed by atoms with van der Waals surface area (Å²) >= 11 is 6.07. The van der Waals surface area contributed by atoms with Crippen molar-refractivity contribution >= 4 is 29.3 Å². The molecule has 0 spiro atoms. The van der Waals surface area contributed by atoms with Crippen LogP contribution >= 0.6 is 11.6 Å². The van der Waals surface area contributed by atoms with Crippen molar-refractivity contribution in [2.24, 2.45) is 0 Å². The molecule has 0 bridgehead atoms. The van der Waals surface area contributed by atoms with Crippen LogP contribution in [0.15, 0.2) is 54.6 Å². The molecule has 0 fully saturated rings. The third kappa shape index (κ3) is 3.44. The summed E-state index contributed by atoms with van der Waals surface area (Å²) in [6.45, 7) is 0.891. The lowest BCUT2D eigenvalue weighted by Gasteiger charge is -2.27. The first-order valence-electron chi connectivity index (χ1n) is 8.47. The molecule has 2 aromatic carbocycles. The summed E-state index contributed by atoms with van der Waals surface area (Å²) in [7, 11) is 0. The third-order valence-electron chi connectivity index (χ3n) is 4.54. The highest BCUT2D eigenvalue weighted by Crippen LogP contribution is 2.30. The molecule has 0 aliphatic carbocycles. The number of fused-ring (bicyclic) bond motifs is 1. The van der Waals surface area contributed by atoms with Gasteiger partial charge in [0.05, 0.1) is 24.3 Å². The monoisotopic (exact) mass is 381 g/mol. The molecule has 27 heavy (non-hydrogen) atoms. The summed E-state index contributed by atoms with van der Waals surface area (Å²) in [5.74, 6) is -0.231. The maximum absolute atomic E-state index is 12.5. The summed E-state index contributed by atoms with van der Waals surface area (Å²) in [5.41, 5.74) is 2.72. The van der Waals surface area contributed by atoms with Gasteiger partial charge in [0.1, 0.15) is 5.82 Å². The van der Waals surface area contributed by atoms with Gasteiger partial charge in [0.25, 0.3) is 0 Å². The molecule has 0 unspecified atom stereocenters. The molecule has 1 amide bonds. The number of hydrogen-bond donors (Lipinski definition) is 1. The number of hydrogen-bond acceptors (Lipinski definition) is 3. The van der Waals surface area contributed by atoms with E-state index >= 15 is 0 Å². The molecule has 136 valence electrons. The predicted octanol–water partition coefficient (Wildman–Crippen LogP) is 3.84. The molecule has 0 atom stereocenters. The summed E-state index contributed by atoms with van der Waals surface area (Å²) in [5, 5.41) is 14.3. The number of anilines is 1. The van der Waals surface area contributed by atoms with Gasteiger partial charge in [-0.2, -0.15) is 5.10 Å². The predicted molar refractivity (Wildman–Crippen MR) is 102 cm³/mol. The fourth-order valence-corrected chi connectivity index (χ4v) is 3.34. The zero-order chi connectivity index (χ0) is 19.0. The first kappa shape index (κ1) is 17.3. The van der Waals surface area contributed by atoms with E-state index < -0.39 is 5.97 Å². The number of carbonyl (C=O) groups is 2. The van der Waals surface area contributed by atoms with Crippen LogP contribution in [0.5, 0.6) is 0 Å². The van der Waals surface area contributed by atoms with E-state index in [4.69, 9.17) is 16.7 Å². The molecule has 1 N–H and O–H groups in total. The fourth-order valence-electron chi connectivity index (χ4n) is 3.15. The Morgan fingerprint density at radius 3 is 2.63 bits per heavy atom. The molecule has 1 aromatic heterocycles. The zero-order valence-electron chi connectivity index (χ0n) is 14.3. The number of halogens is 1. The Labute approximate surface area is 160 Å². The van der Waals surface area contributed by atoms with Gasteiger partial charge in [0.2, 0.25) is 5.91 Å². The summed E-state index contributed by atoms with van der Waals surface area (Å²) < 4.78 is 1.82. The molecule has 0 saturated carbocycles. The van der Waals surface area contributed by atoms with Crippen LogP contribution in [0.2, 0.25) is 5.02 Å². The van der Waals surface area contributed by atoms with Crippen molar-refractivity contribution in [2.75, 3.05) is 4.90 Å². The van der Waals surface area contributed by atoms with Crippen molar-refractivity contribution in [3.63, 3.8) is 0 Å². The number of rotatable bonds is 4. The minimum atomic E-state index is -0.972. The van der Waals surface area contributed by atoms with Crippen molar-refractivity contribution in [1.82, 2.24) is 9.78 Å². The lowest BCUT2D eigenvalue weighted by atomic mass is 10.1. The lowest BCUT2D eigenvalue weighted by Crippen LogP contribution is -2.36. The van der Waals surface area contributed by atoms with Gasteiger partial charge in [-0.15, -0.1) is 0 Å². The van der Waals surface area contributed by atoms with Crippen LogP contribution in [0.1, 0.15) is 22.3 Å². The molecule has 1 aliphatic rings. The minimum Gasteiger partial charge on any atom is -0.478 e. The van der Waals surface area contributed by atoms with Gasteiger partial charge in [-0.25, -0.2) is 9.48 Å². The molecule has 3 aromatic rings. The van der Waals surface area contributed by atoms with E-state index in [0.29, 0.717) is 24.5 Å². The van der Waals surface area contributed by atoms with Gasteiger partial charge in [-0.05, 0) is 29.8 Å². The Morgan fingerprint density at radius 2 is 1.93 bits per heavy atom. The highest BCUT2D eigenvalue weighted by Gasteiger charge is 2.26. The molecule has 6 nitrogen and oxygen atoms in total. The quantitative estimate of drug-likeness (QED) is 0.745. The van der Waals surface area contributed by atoms with E-state index in [1.807, 2.05) is 28.9 Å². The molecular weight excluding hydrogens is 366 g/mol. The van der Waals surface area contributed by atoms with Crippen molar-refractivity contribution in [2.45, 2.75) is 19.5 Å². The van der Waals surface area contributed by atoms with E-state index in [-0.39, 0.29) is 11.5 Å². The second-order valence-corrected chi connectivity index (χ2v) is 6.79. The number of aryl methyl sites for hydroxylation is 1. The highest BCUT2D eigenvalue weighted by atomic mass is 35.5. The van der Waals surface area contributed by atoms with Gasteiger partial charge in [-0.1, -0.05) is 35.9 Å². The SMILES string of the molecule is O=C(O)c1ccc(CN2C(=O)CCn3nc(-c4cccc(Cl)c4)cc32)cc1. The van der Waals surface area contributed by atoms with E-state index in [0.717, 1.165) is 22.6 Å². The Balaban J connectivity index is 1.65. The molecule has 2 heterocycles. The molecule has 4 rings (SSSR count). The highest BCUT2D eigenvalue weighted by molar-refractivity contribution is 6.30. The van der Waals surface area contributed by atoms with E-state index in [9.17, 15) is 9.59 Å². The number of carboxylic acids is 1. The third-order valence-corrected chi connectivity index (χ3v) is 4.77. The van der Waals surface area contributed by atoms with Crippen LogP contribution < -0.4 is 4.90 Å². The smallest absolute Gasteiger partial charge is 0.335 e. The average Bonchev–Trinajstić information content (AvgIpc) is 3.09. The number of amides is 1. The van der Waals surface area contributed by atoms with Crippen molar-refractivity contribution in [3.05, 3.63) is 70.7 Å². The van der Waals surface area contributed by atoms with Crippen molar-refractivity contribution in [3.8, 4) is 11.3 Å². The first-order valence-corrected chi connectivity index (χ1v) is 8.85. The van der Waals surface area contributed by atoms with Crippen LogP contribution in [0.25, 0.3) is 11.3 Å². The Morgan fingerprint density at radius 1 is 1.15 bits per heavy atom. The maximum Gasteiger partial charge on any atom is 0.335 e. The second kappa shape index (κ2) is 6.89. The van der Waals surface area contributed by atoms with Crippen LogP contribution in [0.4, 0.5) is 5.82 Å². The van der Waals surface area contributed by atoms with Crippen LogP contribution in [-0.2, 0) is 17.9 Å². The van der Waals surface area contributed by atoms with Crippen LogP contribution in [-0.4, -0.2) is 26.8 Å². The molecule has 0 radical (unpaired) electrons. The number of nitrogens with zero attached hydrogens (tertiary/aromatic N) is 3. The topological polar surface area (TPSA) is 75.4 Å². The van der Waals surface area contributed by atoms with Gasteiger partial charge < -0.3 is 5.11 Å². The summed E-state index contributed by atoms with van der Waals surface area (Å²) in [6, 6.07) is 15.9. The number of carboxylic acid groups (broad SMARTS) is 1. The molecular formula is C20H16ClN3O3. The van der Waals surface area contributed by atoms with Crippen LogP contribution in [0, 0.1) is 0 Å². The number of aromatic nitrogens is 2. The summed E-state index contributed by atoms with van der Waals surface area (Å²) in [6.07, 6.45) is 0.372. The second-order valence-electron chi connectivity index (χ2n) is 6.35. The Bertz CT molecular complexity index is 1030. The average molecular weight is 382 g/mol. The number of carbonyl (C=O) groups excluding carboxylic acids is 1. The Hall–Kier alpha value is -3.12. The largest absolute Gasteiger partial charge is 0.478 e. The normalized spacial score (nSPS) is 13.5. The standard InChI is InChI=1S/C20H16ClN3O3/c21-16-3-1-2-15(10-16)17-11-18-23(19(25)8-9-24(18)22-17)12-13-4-6-14(7-5-13)20(26)27/h1-7,10-11H,8-9,12H2,(H,26,27). The van der Waals surface area contributed by atoms with Crippen LogP contribution in [0.3, 0.4) is 0 Å². The van der Waals surface area contributed by atoms with Gasteiger partial charge in [0, 0.05) is 23.1 Å². The van der Waals surface area contributed by atoms with E-state index in [1.54, 1.807) is 35.2 Å². The molecule has 0 saturated heterocycles. The molecule has 1 aliphatic heterocycles. The lowest BCUT2D eigenvalue weighted by molar-refractivity contribution is -0.119. The van der Waals surface area contributed by atoms with E-state index in [2.05, 4.69) is 5.10 Å². The van der Waals surface area contributed by atoms with E-state index in [1.165, 1.54) is 0 Å². The summed E-state index contributed by atoms with van der Waals surface area (Å²) in [4.78, 5) is 25.2. The van der Waals surface area contributed by atoms with Crippen molar-refractivity contribution < 1.29 is 14.7 Å². The zero-order valence-corrected chi connectivity index (χ0v) is 15.1. The van der Waals surface area contributed by atoms with Gasteiger partial charge in [0.15, 0.2) is 0 Å². The van der Waals surface area contributed by atoms with Gasteiger partial charge in [-0.3, -0.25) is 9.69 Å². The number of aromatic carboxylic acids is 1. The van der Waals surface area contributed by atoms with Crippen molar-refractivity contribution in [1.29, 1.82) is 0 Å². The minimum absolute atomic E-state index is 0.0161. The molecule has 7 heteroatoms. The Kier molecular flexibility index (Phi) is 4.41. The number of benzene rings is 2. The fraction of sp³-hybridized carbons (Fsp3) is 0.150. The van der Waals surface area contributed by atoms with Gasteiger partial charge >= 0.3 is 5.97 Å². The maximum atomic E-state index is 12.5.